The van der Waals surface area contributed by atoms with Crippen molar-refractivity contribution < 1.29 is 27.5 Å². The number of carbonyl (C=O) groups is 2. The Morgan fingerprint density at radius 1 is 1.27 bits per heavy atom. The molecule has 0 bridgehead atoms. The number of amides is 2. The van der Waals surface area contributed by atoms with Crippen molar-refractivity contribution in [2.24, 2.45) is 11.8 Å². The molecule has 2 heterocycles. The summed E-state index contributed by atoms with van der Waals surface area (Å²) in [5.74, 6) is 0.162. The number of nitrogens with one attached hydrogen (secondary N) is 1. The minimum absolute atomic E-state index is 0.0886. The Bertz CT molecular complexity index is 894. The van der Waals surface area contributed by atoms with Gasteiger partial charge in [-0.15, -0.1) is 0 Å². The van der Waals surface area contributed by atoms with Crippen LogP contribution < -0.4 is 15.0 Å². The predicted molar refractivity (Wildman–Crippen MR) is 111 cm³/mol. The van der Waals surface area contributed by atoms with Crippen molar-refractivity contribution in [2.75, 3.05) is 51.4 Å². The normalized spacial score (nSPS) is 22.4. The van der Waals surface area contributed by atoms with Crippen LogP contribution in [0.2, 0.25) is 0 Å². The molecule has 1 N–H and O–H groups in total. The number of ether oxygens (including phenoxy) is 2. The molecule has 0 aromatic heterocycles. The maximum absolute atomic E-state index is 13.2. The van der Waals surface area contributed by atoms with Crippen molar-refractivity contribution in [3.05, 3.63) is 18.2 Å². The van der Waals surface area contributed by atoms with Gasteiger partial charge >= 0.3 is 0 Å². The molecule has 0 spiro atoms. The van der Waals surface area contributed by atoms with Crippen LogP contribution in [0.4, 0.5) is 5.69 Å². The summed E-state index contributed by atoms with van der Waals surface area (Å²) >= 11 is 0. The first-order valence-electron chi connectivity index (χ1n) is 10.1. The van der Waals surface area contributed by atoms with Gasteiger partial charge in [-0.3, -0.25) is 14.5 Å². The van der Waals surface area contributed by atoms with Gasteiger partial charge in [-0.05, 0) is 36.5 Å². The van der Waals surface area contributed by atoms with E-state index < -0.39 is 15.9 Å². The third-order valence-corrected chi connectivity index (χ3v) is 7.10. The molecule has 0 aliphatic carbocycles. The molecule has 1 saturated heterocycles. The first-order valence-corrected chi connectivity index (χ1v) is 11.5. The van der Waals surface area contributed by atoms with Crippen molar-refractivity contribution >= 4 is 27.5 Å². The van der Waals surface area contributed by atoms with E-state index in [1.165, 1.54) is 28.4 Å². The van der Waals surface area contributed by atoms with Gasteiger partial charge in [0, 0.05) is 26.7 Å². The lowest BCUT2D eigenvalue weighted by molar-refractivity contribution is -0.125. The number of methoxy groups -OCH3 is 1. The Balaban J connectivity index is 1.86. The molecular weight excluding hydrogens is 410 g/mol. The summed E-state index contributed by atoms with van der Waals surface area (Å²) in [5, 5.41) is 2.66. The van der Waals surface area contributed by atoms with Gasteiger partial charge in [-0.2, -0.15) is 4.31 Å². The van der Waals surface area contributed by atoms with Gasteiger partial charge in [0.15, 0.2) is 6.61 Å². The van der Waals surface area contributed by atoms with Gasteiger partial charge in [0.25, 0.3) is 5.91 Å². The van der Waals surface area contributed by atoms with Crippen LogP contribution in [-0.2, 0) is 24.3 Å². The summed E-state index contributed by atoms with van der Waals surface area (Å²) in [7, 11) is -2.20. The summed E-state index contributed by atoms with van der Waals surface area (Å²) in [6.45, 7) is 5.26. The van der Waals surface area contributed by atoms with Crippen molar-refractivity contribution in [1.82, 2.24) is 9.62 Å². The number of sulfonamides is 1. The van der Waals surface area contributed by atoms with Crippen molar-refractivity contribution in [3.8, 4) is 5.75 Å². The Kier molecular flexibility index (Phi) is 6.99. The summed E-state index contributed by atoms with van der Waals surface area (Å²) in [4.78, 5) is 26.0. The predicted octanol–water partition coefficient (Wildman–Crippen LogP) is 0.841. The number of benzene rings is 1. The highest BCUT2D eigenvalue weighted by Crippen LogP contribution is 2.36. The van der Waals surface area contributed by atoms with Crippen LogP contribution in [0.15, 0.2) is 23.1 Å². The number of rotatable bonds is 7. The van der Waals surface area contributed by atoms with Crippen LogP contribution in [0.1, 0.15) is 20.3 Å². The fourth-order valence-corrected chi connectivity index (χ4v) is 5.66. The van der Waals surface area contributed by atoms with E-state index in [2.05, 4.69) is 5.32 Å². The average Bonchev–Trinajstić information content (AvgIpc) is 2.69. The van der Waals surface area contributed by atoms with E-state index in [1.54, 1.807) is 6.07 Å². The molecule has 0 radical (unpaired) electrons. The number of carbonyl (C=O) groups excluding carboxylic acids is 2. The number of hydrogen-bond acceptors (Lipinski definition) is 6. The highest BCUT2D eigenvalue weighted by Gasteiger charge is 2.34. The summed E-state index contributed by atoms with van der Waals surface area (Å²) in [6, 6.07) is 4.46. The Labute approximate surface area is 177 Å². The third kappa shape index (κ3) is 4.93. The van der Waals surface area contributed by atoms with Gasteiger partial charge < -0.3 is 14.8 Å². The van der Waals surface area contributed by atoms with E-state index in [0.717, 1.165) is 6.42 Å². The zero-order valence-electron chi connectivity index (χ0n) is 17.6. The van der Waals surface area contributed by atoms with Gasteiger partial charge in [0.05, 0.1) is 17.2 Å². The lowest BCUT2D eigenvalue weighted by Gasteiger charge is -2.34. The van der Waals surface area contributed by atoms with Crippen molar-refractivity contribution in [3.63, 3.8) is 0 Å². The van der Waals surface area contributed by atoms with Crippen molar-refractivity contribution in [2.45, 2.75) is 25.2 Å². The maximum atomic E-state index is 13.2. The molecule has 2 aliphatic rings. The smallest absolute Gasteiger partial charge is 0.265 e. The van der Waals surface area contributed by atoms with E-state index in [0.29, 0.717) is 32.0 Å². The molecule has 1 aromatic rings. The topological polar surface area (TPSA) is 105 Å². The summed E-state index contributed by atoms with van der Waals surface area (Å²) in [5.41, 5.74) is 0.285. The fourth-order valence-electron chi connectivity index (χ4n) is 3.96. The second-order valence-electron chi connectivity index (χ2n) is 8.01. The molecular formula is C20H29N3O6S. The number of anilines is 1. The van der Waals surface area contributed by atoms with Crippen LogP contribution in [0, 0.1) is 11.8 Å². The lowest BCUT2D eigenvalue weighted by Crippen LogP contribution is -2.46. The summed E-state index contributed by atoms with van der Waals surface area (Å²) < 4.78 is 38.3. The van der Waals surface area contributed by atoms with E-state index in [1.807, 2.05) is 13.8 Å². The van der Waals surface area contributed by atoms with E-state index >= 15 is 0 Å². The number of nitrogens with zero attached hydrogens (tertiary/aromatic N) is 2. The highest BCUT2D eigenvalue weighted by molar-refractivity contribution is 7.89. The minimum atomic E-state index is -3.73. The molecule has 2 amide bonds. The molecule has 166 valence electrons. The standard InChI is InChI=1S/C20H29N3O6S/c1-14-8-15(2)11-22(10-14)30(26,27)16-4-5-18-17(9-16)23(20(25)13-29-18)12-19(24)21-6-7-28-3/h4-5,9,14-15H,6-8,10-13H2,1-3H3,(H,21,24)/t14-,15+. The van der Waals surface area contributed by atoms with Crippen LogP contribution in [0.5, 0.6) is 5.75 Å². The molecule has 30 heavy (non-hydrogen) atoms. The molecule has 9 nitrogen and oxygen atoms in total. The molecule has 10 heteroatoms. The molecule has 3 rings (SSSR count). The Hall–Kier alpha value is -2.17. The van der Waals surface area contributed by atoms with Crippen molar-refractivity contribution in [1.29, 1.82) is 0 Å². The number of hydrogen-bond donors (Lipinski definition) is 1. The molecule has 1 aromatic carbocycles. The monoisotopic (exact) mass is 439 g/mol. The zero-order chi connectivity index (χ0) is 21.9. The average molecular weight is 440 g/mol. The number of piperidine rings is 1. The quantitative estimate of drug-likeness (QED) is 0.632. The highest BCUT2D eigenvalue weighted by atomic mass is 32.2. The SMILES string of the molecule is COCCNC(=O)CN1C(=O)COc2ccc(S(=O)(=O)N3C[C@H](C)C[C@H](C)C3)cc21. The van der Waals surface area contributed by atoms with Crippen LogP contribution in [-0.4, -0.2) is 71.0 Å². The van der Waals surface area contributed by atoms with Gasteiger partial charge in [-0.1, -0.05) is 13.8 Å². The van der Waals surface area contributed by atoms with Gasteiger partial charge in [-0.25, -0.2) is 8.42 Å². The van der Waals surface area contributed by atoms with E-state index in [9.17, 15) is 18.0 Å². The van der Waals surface area contributed by atoms with Crippen LogP contribution in [0.3, 0.4) is 0 Å². The second-order valence-corrected chi connectivity index (χ2v) is 9.95. The van der Waals surface area contributed by atoms with E-state index in [4.69, 9.17) is 9.47 Å². The molecule has 0 unspecified atom stereocenters. The van der Waals surface area contributed by atoms with Gasteiger partial charge in [0.2, 0.25) is 15.9 Å². The second kappa shape index (κ2) is 9.32. The van der Waals surface area contributed by atoms with E-state index in [-0.39, 0.29) is 41.5 Å². The molecule has 0 saturated carbocycles. The molecule has 1 fully saturated rings. The van der Waals surface area contributed by atoms with Crippen LogP contribution in [0.25, 0.3) is 0 Å². The number of fused-ring (bicyclic) bond motifs is 1. The largest absolute Gasteiger partial charge is 0.482 e. The van der Waals surface area contributed by atoms with Gasteiger partial charge in [0.1, 0.15) is 12.3 Å². The Morgan fingerprint density at radius 2 is 1.97 bits per heavy atom. The lowest BCUT2D eigenvalue weighted by atomic mass is 9.94. The fraction of sp³-hybridized carbons (Fsp3) is 0.600. The van der Waals surface area contributed by atoms with Crippen LogP contribution >= 0.6 is 0 Å². The zero-order valence-corrected chi connectivity index (χ0v) is 18.4. The first kappa shape index (κ1) is 22.5. The summed E-state index contributed by atoms with van der Waals surface area (Å²) in [6.07, 6.45) is 0.991. The molecule has 2 aliphatic heterocycles. The Morgan fingerprint density at radius 3 is 2.63 bits per heavy atom. The first-order chi connectivity index (χ1) is 14.2. The molecule has 2 atom stereocenters. The minimum Gasteiger partial charge on any atom is -0.482 e. The third-order valence-electron chi connectivity index (χ3n) is 5.28. The maximum Gasteiger partial charge on any atom is 0.265 e.